The van der Waals surface area contributed by atoms with Gasteiger partial charge in [-0.15, -0.1) is 0 Å². The van der Waals surface area contributed by atoms with Crippen LogP contribution in [0.3, 0.4) is 0 Å². The summed E-state index contributed by atoms with van der Waals surface area (Å²) in [5, 5.41) is 6.06. The molecule has 0 aliphatic rings. The second kappa shape index (κ2) is 8.65. The SMILES string of the molecule is CC(C)[C@@H](NC(=O)c1ccc(Cl)cc1Cl)C(=O)Nc1ccc(Br)cn1. The molecular formula is C17H16BrCl2N3O2. The van der Waals surface area contributed by atoms with Crippen LogP contribution in [-0.2, 0) is 4.79 Å². The van der Waals surface area contributed by atoms with E-state index in [9.17, 15) is 9.59 Å². The molecule has 25 heavy (non-hydrogen) atoms. The quantitative estimate of drug-likeness (QED) is 0.710. The molecule has 1 aromatic heterocycles. The topological polar surface area (TPSA) is 71.1 Å². The van der Waals surface area contributed by atoms with E-state index in [1.165, 1.54) is 12.1 Å². The van der Waals surface area contributed by atoms with E-state index in [-0.39, 0.29) is 22.4 Å². The van der Waals surface area contributed by atoms with Gasteiger partial charge in [0.1, 0.15) is 11.9 Å². The summed E-state index contributed by atoms with van der Waals surface area (Å²) < 4.78 is 0.802. The molecule has 0 aliphatic heterocycles. The lowest BCUT2D eigenvalue weighted by Gasteiger charge is -2.21. The van der Waals surface area contributed by atoms with Gasteiger partial charge in [-0.05, 0) is 52.2 Å². The molecule has 2 N–H and O–H groups in total. The molecule has 132 valence electrons. The third kappa shape index (κ3) is 5.42. The number of hydrogen-bond acceptors (Lipinski definition) is 3. The van der Waals surface area contributed by atoms with Gasteiger partial charge in [-0.2, -0.15) is 0 Å². The molecule has 0 saturated heterocycles. The van der Waals surface area contributed by atoms with E-state index in [1.54, 1.807) is 24.4 Å². The number of carbonyl (C=O) groups excluding carboxylic acids is 2. The second-order valence-corrected chi connectivity index (χ2v) is 7.43. The van der Waals surface area contributed by atoms with Gasteiger partial charge in [-0.25, -0.2) is 4.98 Å². The smallest absolute Gasteiger partial charge is 0.253 e. The number of nitrogens with zero attached hydrogens (tertiary/aromatic N) is 1. The molecule has 2 rings (SSSR count). The van der Waals surface area contributed by atoms with Crippen molar-refractivity contribution >= 4 is 56.8 Å². The van der Waals surface area contributed by atoms with Gasteiger partial charge in [0.15, 0.2) is 0 Å². The van der Waals surface area contributed by atoms with Crippen LogP contribution in [0, 0.1) is 5.92 Å². The Morgan fingerprint density at radius 1 is 1.16 bits per heavy atom. The third-order valence-corrected chi connectivity index (χ3v) is 4.41. The number of nitrogens with one attached hydrogen (secondary N) is 2. The zero-order chi connectivity index (χ0) is 18.6. The van der Waals surface area contributed by atoms with E-state index in [1.807, 2.05) is 13.8 Å². The van der Waals surface area contributed by atoms with E-state index >= 15 is 0 Å². The number of anilines is 1. The highest BCUT2D eigenvalue weighted by Crippen LogP contribution is 2.21. The number of hydrogen-bond donors (Lipinski definition) is 2. The maximum atomic E-state index is 12.5. The van der Waals surface area contributed by atoms with Crippen molar-refractivity contribution in [1.29, 1.82) is 0 Å². The normalized spacial score (nSPS) is 11.9. The maximum Gasteiger partial charge on any atom is 0.253 e. The van der Waals surface area contributed by atoms with E-state index < -0.39 is 11.9 Å². The Balaban J connectivity index is 2.13. The minimum Gasteiger partial charge on any atom is -0.340 e. The van der Waals surface area contributed by atoms with Gasteiger partial charge in [0.25, 0.3) is 5.91 Å². The molecule has 0 saturated carbocycles. The number of aromatic nitrogens is 1. The van der Waals surface area contributed by atoms with Crippen LogP contribution in [0.5, 0.6) is 0 Å². The summed E-state index contributed by atoms with van der Waals surface area (Å²) in [5.41, 5.74) is 0.256. The van der Waals surface area contributed by atoms with Crippen LogP contribution >= 0.6 is 39.1 Å². The minimum absolute atomic E-state index is 0.134. The predicted molar refractivity (Wildman–Crippen MR) is 103 cm³/mol. The Hall–Kier alpha value is -1.63. The van der Waals surface area contributed by atoms with E-state index in [0.29, 0.717) is 10.8 Å². The van der Waals surface area contributed by atoms with Gasteiger partial charge in [0.05, 0.1) is 10.6 Å². The van der Waals surface area contributed by atoms with Gasteiger partial charge in [-0.3, -0.25) is 9.59 Å². The van der Waals surface area contributed by atoms with Crippen LogP contribution in [0.15, 0.2) is 41.0 Å². The number of halogens is 3. The predicted octanol–water partition coefficient (Wildman–Crippen LogP) is 4.54. The number of pyridine rings is 1. The fourth-order valence-corrected chi connectivity index (χ4v) is 2.81. The van der Waals surface area contributed by atoms with Gasteiger partial charge in [-0.1, -0.05) is 37.0 Å². The number of benzene rings is 1. The molecule has 0 fully saturated rings. The first kappa shape index (κ1) is 19.7. The fraction of sp³-hybridized carbons (Fsp3) is 0.235. The molecule has 0 unspecified atom stereocenters. The van der Waals surface area contributed by atoms with Crippen LogP contribution in [0.2, 0.25) is 10.0 Å². The number of rotatable bonds is 5. The summed E-state index contributed by atoms with van der Waals surface area (Å²) >= 11 is 15.2. The van der Waals surface area contributed by atoms with Crippen molar-refractivity contribution in [3.8, 4) is 0 Å². The molecular weight excluding hydrogens is 429 g/mol. The summed E-state index contributed by atoms with van der Waals surface area (Å²) in [7, 11) is 0. The monoisotopic (exact) mass is 443 g/mol. The first-order chi connectivity index (χ1) is 11.8. The zero-order valence-corrected chi connectivity index (χ0v) is 16.6. The molecule has 1 heterocycles. The molecule has 0 spiro atoms. The molecule has 5 nitrogen and oxygen atoms in total. The van der Waals surface area contributed by atoms with Crippen LogP contribution in [0.1, 0.15) is 24.2 Å². The Bertz CT molecular complexity index is 782. The highest BCUT2D eigenvalue weighted by molar-refractivity contribution is 9.10. The average Bonchev–Trinajstić information content (AvgIpc) is 2.54. The van der Waals surface area contributed by atoms with Crippen LogP contribution in [-0.4, -0.2) is 22.8 Å². The highest BCUT2D eigenvalue weighted by atomic mass is 79.9. The van der Waals surface area contributed by atoms with E-state index in [0.717, 1.165) is 4.47 Å². The van der Waals surface area contributed by atoms with Crippen molar-refractivity contribution < 1.29 is 9.59 Å². The Morgan fingerprint density at radius 3 is 2.44 bits per heavy atom. The molecule has 2 amide bonds. The summed E-state index contributed by atoms with van der Waals surface area (Å²) in [5.74, 6) is -0.536. The van der Waals surface area contributed by atoms with Crippen LogP contribution in [0.25, 0.3) is 0 Å². The molecule has 1 atom stereocenters. The Labute approximate surface area is 164 Å². The van der Waals surface area contributed by atoms with Crippen molar-refractivity contribution in [2.45, 2.75) is 19.9 Å². The molecule has 8 heteroatoms. The minimum atomic E-state index is -0.746. The summed E-state index contributed by atoms with van der Waals surface area (Å²) in [6, 6.07) is 7.25. The maximum absolute atomic E-state index is 12.5. The van der Waals surface area contributed by atoms with Crippen LogP contribution in [0.4, 0.5) is 5.82 Å². The number of carbonyl (C=O) groups is 2. The standard InChI is InChI=1S/C17H16BrCl2N3O2/c1-9(2)15(17(25)22-14-6-3-10(18)8-21-14)23-16(24)12-5-4-11(19)7-13(12)20/h3-9,15H,1-2H3,(H,23,24)(H,21,22,25)/t15-/m1/s1. The Kier molecular flexibility index (Phi) is 6.81. The fourth-order valence-electron chi connectivity index (χ4n) is 2.08. The highest BCUT2D eigenvalue weighted by Gasteiger charge is 2.25. The van der Waals surface area contributed by atoms with Gasteiger partial charge in [0.2, 0.25) is 5.91 Å². The lowest BCUT2D eigenvalue weighted by Crippen LogP contribution is -2.47. The largest absolute Gasteiger partial charge is 0.340 e. The average molecular weight is 445 g/mol. The third-order valence-electron chi connectivity index (χ3n) is 3.39. The van der Waals surface area contributed by atoms with Crippen molar-refractivity contribution in [3.05, 3.63) is 56.6 Å². The summed E-state index contributed by atoms with van der Waals surface area (Å²) in [4.78, 5) is 29.1. The summed E-state index contributed by atoms with van der Waals surface area (Å²) in [6.45, 7) is 3.67. The van der Waals surface area contributed by atoms with E-state index in [4.69, 9.17) is 23.2 Å². The lowest BCUT2D eigenvalue weighted by atomic mass is 10.0. The number of amides is 2. The first-order valence-corrected chi connectivity index (χ1v) is 9.01. The zero-order valence-electron chi connectivity index (χ0n) is 13.5. The summed E-state index contributed by atoms with van der Waals surface area (Å²) in [6.07, 6.45) is 1.58. The molecule has 0 aliphatic carbocycles. The van der Waals surface area contributed by atoms with Crippen molar-refractivity contribution in [2.75, 3.05) is 5.32 Å². The second-order valence-electron chi connectivity index (χ2n) is 5.67. The van der Waals surface area contributed by atoms with Crippen molar-refractivity contribution in [1.82, 2.24) is 10.3 Å². The molecule has 1 aromatic carbocycles. The first-order valence-electron chi connectivity index (χ1n) is 7.46. The van der Waals surface area contributed by atoms with Gasteiger partial charge in [0, 0.05) is 15.7 Å². The molecule has 2 aromatic rings. The van der Waals surface area contributed by atoms with Crippen molar-refractivity contribution in [2.24, 2.45) is 5.92 Å². The van der Waals surface area contributed by atoms with Crippen molar-refractivity contribution in [3.63, 3.8) is 0 Å². The van der Waals surface area contributed by atoms with Crippen LogP contribution < -0.4 is 10.6 Å². The molecule has 0 radical (unpaired) electrons. The van der Waals surface area contributed by atoms with E-state index in [2.05, 4.69) is 31.5 Å². The Morgan fingerprint density at radius 2 is 1.88 bits per heavy atom. The molecule has 0 bridgehead atoms. The van der Waals surface area contributed by atoms with Gasteiger partial charge < -0.3 is 10.6 Å². The van der Waals surface area contributed by atoms with Gasteiger partial charge >= 0.3 is 0 Å². The lowest BCUT2D eigenvalue weighted by molar-refractivity contribution is -0.118.